The zero-order chi connectivity index (χ0) is 10.7. The Balaban J connectivity index is 2.09. The van der Waals surface area contributed by atoms with Gasteiger partial charge in [-0.1, -0.05) is 0 Å². The van der Waals surface area contributed by atoms with E-state index in [0.29, 0.717) is 19.2 Å². The van der Waals surface area contributed by atoms with Gasteiger partial charge in [0, 0.05) is 18.4 Å². The lowest BCUT2D eigenvalue weighted by atomic mass is 10.5. The van der Waals surface area contributed by atoms with Gasteiger partial charge in [-0.05, 0) is 25.8 Å². The Labute approximate surface area is 87.9 Å². The molecule has 1 aliphatic carbocycles. The number of nitrogens with two attached hydrogens (primary N) is 1. The van der Waals surface area contributed by atoms with Crippen LogP contribution in [-0.2, 0) is 0 Å². The van der Waals surface area contributed by atoms with Gasteiger partial charge in [-0.2, -0.15) is 0 Å². The van der Waals surface area contributed by atoms with E-state index >= 15 is 0 Å². The van der Waals surface area contributed by atoms with Crippen LogP contribution in [0.15, 0.2) is 17.2 Å². The summed E-state index contributed by atoms with van der Waals surface area (Å²) in [6.07, 6.45) is 6.21. The molecular formula is C10H15N3O2. The molecule has 1 aliphatic rings. The molecule has 0 unspecified atom stereocenters. The molecule has 0 amide bonds. The Hall–Kier alpha value is -1.36. The number of aromatic nitrogens is 2. The first-order chi connectivity index (χ1) is 7.33. The summed E-state index contributed by atoms with van der Waals surface area (Å²) in [5.41, 5.74) is 5.21. The van der Waals surface area contributed by atoms with Crippen LogP contribution >= 0.6 is 0 Å². The summed E-state index contributed by atoms with van der Waals surface area (Å²) in [5.74, 6) is 0.192. The summed E-state index contributed by atoms with van der Waals surface area (Å²) in [6, 6.07) is 0.359. The highest BCUT2D eigenvalue weighted by Gasteiger charge is 2.25. The first-order valence-corrected chi connectivity index (χ1v) is 5.23. The maximum Gasteiger partial charge on any atom is 0.313 e. The van der Waals surface area contributed by atoms with Crippen LogP contribution in [0.5, 0.6) is 5.88 Å². The van der Waals surface area contributed by atoms with Gasteiger partial charge in [0.1, 0.15) is 0 Å². The quantitative estimate of drug-likeness (QED) is 0.708. The molecular weight excluding hydrogens is 194 g/mol. The fourth-order valence-electron chi connectivity index (χ4n) is 1.40. The van der Waals surface area contributed by atoms with Crippen LogP contribution in [0, 0.1) is 0 Å². The van der Waals surface area contributed by atoms with Crippen molar-refractivity contribution in [3.05, 3.63) is 22.7 Å². The number of nitrogens with zero attached hydrogens (tertiary/aromatic N) is 2. The molecule has 0 saturated heterocycles. The number of hydrogen-bond donors (Lipinski definition) is 1. The fourth-order valence-corrected chi connectivity index (χ4v) is 1.40. The first-order valence-electron chi connectivity index (χ1n) is 5.23. The molecule has 0 atom stereocenters. The standard InChI is InChI=1S/C10H15N3O2/c11-4-1-7-15-9-10(14)13(6-5-12-9)8-2-3-8/h5-6,8H,1-4,7,11H2. The third-order valence-corrected chi connectivity index (χ3v) is 2.36. The lowest BCUT2D eigenvalue weighted by molar-refractivity contribution is 0.293. The minimum Gasteiger partial charge on any atom is -0.474 e. The van der Waals surface area contributed by atoms with Gasteiger partial charge in [0.15, 0.2) is 0 Å². The van der Waals surface area contributed by atoms with Crippen LogP contribution in [0.2, 0.25) is 0 Å². The zero-order valence-corrected chi connectivity index (χ0v) is 8.56. The lowest BCUT2D eigenvalue weighted by Gasteiger charge is -2.06. The molecule has 1 saturated carbocycles. The topological polar surface area (TPSA) is 70.1 Å². The normalized spacial score (nSPS) is 15.3. The Morgan fingerprint density at radius 2 is 2.40 bits per heavy atom. The molecule has 5 nitrogen and oxygen atoms in total. The molecule has 1 heterocycles. The highest BCUT2D eigenvalue weighted by Crippen LogP contribution is 2.33. The summed E-state index contributed by atoms with van der Waals surface area (Å²) < 4.78 is 6.97. The molecule has 0 bridgehead atoms. The van der Waals surface area contributed by atoms with Crippen LogP contribution in [-0.4, -0.2) is 22.7 Å². The van der Waals surface area contributed by atoms with Crippen molar-refractivity contribution in [2.45, 2.75) is 25.3 Å². The molecule has 1 aromatic heterocycles. The van der Waals surface area contributed by atoms with Crippen molar-refractivity contribution in [1.29, 1.82) is 0 Å². The van der Waals surface area contributed by atoms with Gasteiger partial charge >= 0.3 is 5.56 Å². The van der Waals surface area contributed by atoms with E-state index in [4.69, 9.17) is 10.5 Å². The summed E-state index contributed by atoms with van der Waals surface area (Å²) >= 11 is 0. The number of ether oxygens (including phenoxy) is 1. The van der Waals surface area contributed by atoms with Crippen molar-refractivity contribution >= 4 is 0 Å². The van der Waals surface area contributed by atoms with Gasteiger partial charge in [-0.25, -0.2) is 4.98 Å². The van der Waals surface area contributed by atoms with E-state index in [1.807, 2.05) is 0 Å². The predicted molar refractivity (Wildman–Crippen MR) is 55.9 cm³/mol. The van der Waals surface area contributed by atoms with Gasteiger partial charge in [-0.3, -0.25) is 4.79 Å². The van der Waals surface area contributed by atoms with Crippen molar-refractivity contribution in [3.8, 4) is 5.88 Å². The Morgan fingerprint density at radius 3 is 3.07 bits per heavy atom. The second kappa shape index (κ2) is 4.44. The average Bonchev–Trinajstić information content (AvgIpc) is 3.05. The maximum atomic E-state index is 11.8. The van der Waals surface area contributed by atoms with E-state index in [1.54, 1.807) is 17.0 Å². The Morgan fingerprint density at radius 1 is 1.60 bits per heavy atom. The van der Waals surface area contributed by atoms with E-state index < -0.39 is 0 Å². The van der Waals surface area contributed by atoms with Crippen molar-refractivity contribution in [3.63, 3.8) is 0 Å². The van der Waals surface area contributed by atoms with E-state index in [-0.39, 0.29) is 11.4 Å². The summed E-state index contributed by atoms with van der Waals surface area (Å²) in [4.78, 5) is 15.7. The summed E-state index contributed by atoms with van der Waals surface area (Å²) in [7, 11) is 0. The second-order valence-electron chi connectivity index (χ2n) is 3.67. The van der Waals surface area contributed by atoms with Crippen molar-refractivity contribution in [2.24, 2.45) is 5.73 Å². The molecule has 5 heteroatoms. The van der Waals surface area contributed by atoms with Crippen LogP contribution in [0.1, 0.15) is 25.3 Å². The summed E-state index contributed by atoms with van der Waals surface area (Å²) in [5, 5.41) is 0. The van der Waals surface area contributed by atoms with E-state index in [9.17, 15) is 4.79 Å². The fraction of sp³-hybridized carbons (Fsp3) is 0.600. The monoisotopic (exact) mass is 209 g/mol. The highest BCUT2D eigenvalue weighted by atomic mass is 16.5. The molecule has 2 rings (SSSR count). The molecule has 0 spiro atoms. The van der Waals surface area contributed by atoms with Crippen LogP contribution in [0.4, 0.5) is 0 Å². The third kappa shape index (κ3) is 2.36. The molecule has 1 fully saturated rings. The average molecular weight is 209 g/mol. The molecule has 0 aliphatic heterocycles. The lowest BCUT2D eigenvalue weighted by Crippen LogP contribution is -2.22. The van der Waals surface area contributed by atoms with Crippen LogP contribution in [0.25, 0.3) is 0 Å². The van der Waals surface area contributed by atoms with Gasteiger partial charge in [0.25, 0.3) is 5.88 Å². The smallest absolute Gasteiger partial charge is 0.313 e. The van der Waals surface area contributed by atoms with Crippen molar-refractivity contribution in [1.82, 2.24) is 9.55 Å². The van der Waals surface area contributed by atoms with Gasteiger partial charge in [-0.15, -0.1) is 0 Å². The molecule has 2 N–H and O–H groups in total. The van der Waals surface area contributed by atoms with Crippen LogP contribution in [0.3, 0.4) is 0 Å². The van der Waals surface area contributed by atoms with Crippen molar-refractivity contribution < 1.29 is 4.74 Å². The zero-order valence-electron chi connectivity index (χ0n) is 8.56. The summed E-state index contributed by atoms with van der Waals surface area (Å²) in [6.45, 7) is 1.01. The molecule has 0 radical (unpaired) electrons. The van der Waals surface area contributed by atoms with Gasteiger partial charge in [0.2, 0.25) is 0 Å². The largest absolute Gasteiger partial charge is 0.474 e. The van der Waals surface area contributed by atoms with E-state index in [2.05, 4.69) is 4.98 Å². The van der Waals surface area contributed by atoms with Gasteiger partial charge < -0.3 is 15.0 Å². The highest BCUT2D eigenvalue weighted by molar-refractivity contribution is 5.06. The minimum absolute atomic E-state index is 0.128. The first kappa shape index (κ1) is 10.2. The Bertz CT molecular complexity index is 384. The van der Waals surface area contributed by atoms with Crippen LogP contribution < -0.4 is 16.0 Å². The van der Waals surface area contributed by atoms with E-state index in [1.165, 1.54) is 0 Å². The third-order valence-electron chi connectivity index (χ3n) is 2.36. The maximum absolute atomic E-state index is 11.8. The SMILES string of the molecule is NCCCOc1nccn(C2CC2)c1=O. The van der Waals surface area contributed by atoms with E-state index in [0.717, 1.165) is 19.3 Å². The second-order valence-corrected chi connectivity index (χ2v) is 3.67. The van der Waals surface area contributed by atoms with Crippen molar-refractivity contribution in [2.75, 3.05) is 13.2 Å². The minimum atomic E-state index is -0.128. The molecule has 1 aromatic rings. The Kier molecular flexibility index (Phi) is 3.01. The molecule has 0 aromatic carbocycles. The molecule has 82 valence electrons. The van der Waals surface area contributed by atoms with Gasteiger partial charge in [0.05, 0.1) is 6.61 Å². The molecule has 15 heavy (non-hydrogen) atoms. The predicted octanol–water partition coefficient (Wildman–Crippen LogP) is 0.306. The number of rotatable bonds is 5. The number of hydrogen-bond acceptors (Lipinski definition) is 4.